The lowest BCUT2D eigenvalue weighted by Gasteiger charge is -2.11. The number of fused-ring (bicyclic) bond motifs is 1. The normalized spacial score (nSPS) is 10.9. The summed E-state index contributed by atoms with van der Waals surface area (Å²) in [6.07, 6.45) is 0. The lowest BCUT2D eigenvalue weighted by molar-refractivity contribution is 0.0531. The van der Waals surface area contributed by atoms with Crippen LogP contribution in [-0.4, -0.2) is 22.8 Å². The maximum Gasteiger partial charge on any atom is 0.348 e. The lowest BCUT2D eigenvalue weighted by Crippen LogP contribution is -2.03. The number of hydrogen-bond donors (Lipinski definition) is 0. The Balaban J connectivity index is 2.05. The summed E-state index contributed by atoms with van der Waals surface area (Å²) in [4.78, 5) is 13.7. The first kappa shape index (κ1) is 17.4. The molecule has 0 amide bonds. The minimum Gasteiger partial charge on any atom is -0.462 e. The molecule has 4 aromatic rings. The Hall–Kier alpha value is -3.05. The number of thiophene rings is 1. The van der Waals surface area contributed by atoms with Crippen molar-refractivity contribution >= 4 is 27.5 Å². The molecule has 0 bridgehead atoms. The molecule has 0 unspecified atom stereocenters. The minimum absolute atomic E-state index is 0.307. The van der Waals surface area contributed by atoms with Crippen LogP contribution in [0.3, 0.4) is 0 Å². The Morgan fingerprint density at radius 1 is 0.963 bits per heavy atom. The molecule has 134 valence electrons. The van der Waals surface area contributed by atoms with Gasteiger partial charge in [0.25, 0.3) is 0 Å². The van der Waals surface area contributed by atoms with Gasteiger partial charge in [0.1, 0.15) is 15.4 Å². The van der Waals surface area contributed by atoms with E-state index in [1.54, 1.807) is 0 Å². The van der Waals surface area contributed by atoms with Crippen LogP contribution < -0.4 is 0 Å². The van der Waals surface area contributed by atoms with Crippen LogP contribution in [0.4, 0.5) is 0 Å². The monoisotopic (exact) mass is 374 g/mol. The molecule has 2 heterocycles. The van der Waals surface area contributed by atoms with E-state index in [0.717, 1.165) is 38.2 Å². The van der Waals surface area contributed by atoms with E-state index in [4.69, 9.17) is 4.74 Å². The summed E-state index contributed by atoms with van der Waals surface area (Å²) in [7, 11) is 0. The zero-order valence-electron chi connectivity index (χ0n) is 15.1. The van der Waals surface area contributed by atoms with E-state index in [9.17, 15) is 4.79 Å². The fourth-order valence-corrected chi connectivity index (χ4v) is 4.23. The van der Waals surface area contributed by atoms with Crippen LogP contribution in [-0.2, 0) is 4.74 Å². The van der Waals surface area contributed by atoms with Crippen molar-refractivity contribution in [2.24, 2.45) is 0 Å². The average Bonchev–Trinajstić information content (AvgIpc) is 3.06. The Morgan fingerprint density at radius 3 is 2.22 bits per heavy atom. The second-order valence-electron chi connectivity index (χ2n) is 6.11. The van der Waals surface area contributed by atoms with E-state index in [1.807, 2.05) is 62.4 Å². The van der Waals surface area contributed by atoms with Crippen LogP contribution in [0, 0.1) is 6.92 Å². The fraction of sp³-hybridized carbons (Fsp3) is 0.136. The van der Waals surface area contributed by atoms with Crippen molar-refractivity contribution in [3.63, 3.8) is 0 Å². The molecule has 0 spiro atoms. The number of benzene rings is 2. The van der Waals surface area contributed by atoms with Crippen LogP contribution in [0.25, 0.3) is 32.6 Å². The third-order valence-electron chi connectivity index (χ3n) is 4.43. The highest BCUT2D eigenvalue weighted by atomic mass is 32.1. The summed E-state index contributed by atoms with van der Waals surface area (Å²) >= 11 is 1.34. The van der Waals surface area contributed by atoms with Crippen molar-refractivity contribution in [1.29, 1.82) is 0 Å². The van der Waals surface area contributed by atoms with Gasteiger partial charge in [0.15, 0.2) is 0 Å². The second kappa shape index (κ2) is 7.29. The molecule has 4 nitrogen and oxygen atoms in total. The molecular formula is C22H18N2O2S. The van der Waals surface area contributed by atoms with Crippen LogP contribution in [0.2, 0.25) is 0 Å². The predicted octanol–water partition coefficient (Wildman–Crippen LogP) is 5.51. The summed E-state index contributed by atoms with van der Waals surface area (Å²) in [5.41, 5.74) is 4.74. The predicted molar refractivity (Wildman–Crippen MR) is 109 cm³/mol. The van der Waals surface area contributed by atoms with Crippen molar-refractivity contribution in [3.05, 3.63) is 71.1 Å². The Kier molecular flexibility index (Phi) is 4.69. The molecule has 2 aromatic heterocycles. The molecule has 0 radical (unpaired) electrons. The number of nitrogens with zero attached hydrogens (tertiary/aromatic N) is 2. The molecule has 27 heavy (non-hydrogen) atoms. The van der Waals surface area contributed by atoms with Crippen molar-refractivity contribution in [2.45, 2.75) is 13.8 Å². The van der Waals surface area contributed by atoms with Gasteiger partial charge in [0.05, 0.1) is 6.61 Å². The number of ether oxygens (including phenoxy) is 1. The molecule has 0 aliphatic carbocycles. The van der Waals surface area contributed by atoms with Gasteiger partial charge < -0.3 is 4.74 Å². The quantitative estimate of drug-likeness (QED) is 0.442. The van der Waals surface area contributed by atoms with Gasteiger partial charge in [0.2, 0.25) is 0 Å². The molecule has 2 aromatic carbocycles. The fourth-order valence-electron chi connectivity index (χ4n) is 3.20. The molecular weight excluding hydrogens is 356 g/mol. The van der Waals surface area contributed by atoms with Gasteiger partial charge in [-0.1, -0.05) is 60.7 Å². The summed E-state index contributed by atoms with van der Waals surface area (Å²) in [5.74, 6) is -0.307. The van der Waals surface area contributed by atoms with E-state index < -0.39 is 0 Å². The van der Waals surface area contributed by atoms with Crippen LogP contribution in [0.1, 0.15) is 22.2 Å². The SMILES string of the molecule is CCOC(=O)c1sc2nnc(-c3ccccc3)c(-c3ccccc3)c2c1C. The largest absolute Gasteiger partial charge is 0.462 e. The number of hydrogen-bond acceptors (Lipinski definition) is 5. The van der Waals surface area contributed by atoms with Crippen molar-refractivity contribution in [1.82, 2.24) is 10.2 Å². The molecule has 0 atom stereocenters. The van der Waals surface area contributed by atoms with Gasteiger partial charge in [-0.3, -0.25) is 0 Å². The highest BCUT2D eigenvalue weighted by molar-refractivity contribution is 7.20. The molecule has 0 saturated heterocycles. The maximum atomic E-state index is 12.4. The van der Waals surface area contributed by atoms with Crippen molar-refractivity contribution in [2.75, 3.05) is 6.61 Å². The molecule has 4 rings (SSSR count). The van der Waals surface area contributed by atoms with E-state index in [2.05, 4.69) is 22.3 Å². The van der Waals surface area contributed by atoms with Gasteiger partial charge in [-0.2, -0.15) is 0 Å². The van der Waals surface area contributed by atoms with Gasteiger partial charge in [-0.15, -0.1) is 21.5 Å². The van der Waals surface area contributed by atoms with E-state index in [1.165, 1.54) is 11.3 Å². The molecule has 0 aliphatic rings. The first-order valence-corrected chi connectivity index (χ1v) is 9.60. The van der Waals surface area contributed by atoms with E-state index in [0.29, 0.717) is 11.5 Å². The van der Waals surface area contributed by atoms with Crippen LogP contribution >= 0.6 is 11.3 Å². The number of aromatic nitrogens is 2. The lowest BCUT2D eigenvalue weighted by atomic mass is 9.95. The van der Waals surface area contributed by atoms with Crippen molar-refractivity contribution < 1.29 is 9.53 Å². The number of carbonyl (C=O) groups is 1. The van der Waals surface area contributed by atoms with Crippen molar-refractivity contribution in [3.8, 4) is 22.4 Å². The number of aryl methyl sites for hydroxylation is 1. The van der Waals surface area contributed by atoms with Gasteiger partial charge >= 0.3 is 5.97 Å². The summed E-state index contributed by atoms with van der Waals surface area (Å²) in [5, 5.41) is 9.91. The Labute approximate surface area is 161 Å². The standard InChI is InChI=1S/C22H18N2O2S/c1-3-26-22(25)20-14(2)17-18(15-10-6-4-7-11-15)19(23-24-21(17)27-20)16-12-8-5-9-13-16/h4-13H,3H2,1-2H3. The third-order valence-corrected chi connectivity index (χ3v) is 5.58. The van der Waals surface area contributed by atoms with Gasteiger partial charge in [0, 0.05) is 16.5 Å². The highest BCUT2D eigenvalue weighted by Gasteiger charge is 2.23. The molecule has 0 aliphatic heterocycles. The number of carbonyl (C=O) groups excluding carboxylic acids is 1. The first-order valence-electron chi connectivity index (χ1n) is 8.78. The minimum atomic E-state index is -0.307. The smallest absolute Gasteiger partial charge is 0.348 e. The highest BCUT2D eigenvalue weighted by Crippen LogP contribution is 2.41. The van der Waals surface area contributed by atoms with E-state index >= 15 is 0 Å². The first-order chi connectivity index (χ1) is 13.2. The van der Waals surface area contributed by atoms with E-state index in [-0.39, 0.29) is 5.97 Å². The summed E-state index contributed by atoms with van der Waals surface area (Å²) in [6.45, 7) is 4.11. The maximum absolute atomic E-state index is 12.4. The summed E-state index contributed by atoms with van der Waals surface area (Å²) < 4.78 is 5.22. The Bertz CT molecular complexity index is 1110. The third kappa shape index (κ3) is 3.11. The van der Waals surface area contributed by atoms with Crippen LogP contribution in [0.15, 0.2) is 60.7 Å². The van der Waals surface area contributed by atoms with Crippen LogP contribution in [0.5, 0.6) is 0 Å². The topological polar surface area (TPSA) is 52.1 Å². The molecule has 0 saturated carbocycles. The summed E-state index contributed by atoms with van der Waals surface area (Å²) in [6, 6.07) is 20.1. The molecule has 0 fully saturated rings. The zero-order chi connectivity index (χ0) is 18.8. The molecule has 0 N–H and O–H groups in total. The zero-order valence-corrected chi connectivity index (χ0v) is 15.9. The van der Waals surface area contributed by atoms with Gasteiger partial charge in [-0.05, 0) is 25.0 Å². The number of esters is 1. The second-order valence-corrected chi connectivity index (χ2v) is 7.11. The number of rotatable bonds is 4. The molecule has 5 heteroatoms. The van der Waals surface area contributed by atoms with Gasteiger partial charge in [-0.25, -0.2) is 4.79 Å². The Morgan fingerprint density at radius 2 is 1.59 bits per heavy atom. The average molecular weight is 374 g/mol.